The first-order valence-electron chi connectivity index (χ1n) is 7.86. The van der Waals surface area contributed by atoms with E-state index < -0.39 is 6.10 Å². The molecule has 21 heavy (non-hydrogen) atoms. The molecule has 0 amide bonds. The summed E-state index contributed by atoms with van der Waals surface area (Å²) in [6, 6.07) is 6.60. The molecule has 0 saturated carbocycles. The summed E-state index contributed by atoms with van der Waals surface area (Å²) in [6.45, 7) is 5.96. The SMILES string of the molecule is CCC1COC(C)CN1C1Cc2ccc(OC)cc2C1O. The molecule has 4 atom stereocenters. The van der Waals surface area contributed by atoms with Crippen molar-refractivity contribution in [3.05, 3.63) is 29.3 Å². The number of hydrogen-bond acceptors (Lipinski definition) is 4. The van der Waals surface area contributed by atoms with Gasteiger partial charge in [0, 0.05) is 18.6 Å². The Balaban J connectivity index is 1.84. The van der Waals surface area contributed by atoms with Crippen molar-refractivity contribution in [3.8, 4) is 5.75 Å². The highest BCUT2D eigenvalue weighted by Gasteiger charge is 2.40. The number of fused-ring (bicyclic) bond motifs is 1. The maximum absolute atomic E-state index is 10.8. The van der Waals surface area contributed by atoms with Crippen LogP contribution in [0.5, 0.6) is 5.75 Å². The highest BCUT2D eigenvalue weighted by molar-refractivity contribution is 5.42. The van der Waals surface area contributed by atoms with E-state index in [2.05, 4.69) is 24.8 Å². The summed E-state index contributed by atoms with van der Waals surface area (Å²) < 4.78 is 11.1. The minimum absolute atomic E-state index is 0.156. The Morgan fingerprint density at radius 3 is 2.95 bits per heavy atom. The summed E-state index contributed by atoms with van der Waals surface area (Å²) >= 11 is 0. The Morgan fingerprint density at radius 1 is 1.43 bits per heavy atom. The van der Waals surface area contributed by atoms with E-state index in [1.54, 1.807) is 7.11 Å². The number of rotatable bonds is 3. The van der Waals surface area contributed by atoms with Crippen LogP contribution in [0.25, 0.3) is 0 Å². The predicted molar refractivity (Wildman–Crippen MR) is 81.6 cm³/mol. The van der Waals surface area contributed by atoms with Crippen LogP contribution in [-0.2, 0) is 11.2 Å². The van der Waals surface area contributed by atoms with Crippen LogP contribution < -0.4 is 4.74 Å². The summed E-state index contributed by atoms with van der Waals surface area (Å²) in [5, 5.41) is 10.8. The molecular weight excluding hydrogens is 266 g/mol. The molecule has 0 aromatic heterocycles. The Kier molecular flexibility index (Phi) is 4.20. The third-order valence-corrected chi connectivity index (χ3v) is 4.87. The number of hydrogen-bond donors (Lipinski definition) is 1. The number of nitrogens with zero attached hydrogens (tertiary/aromatic N) is 1. The van der Waals surface area contributed by atoms with E-state index in [9.17, 15) is 5.11 Å². The van der Waals surface area contributed by atoms with Crippen LogP contribution in [0.1, 0.15) is 37.5 Å². The molecule has 116 valence electrons. The number of ether oxygens (including phenoxy) is 2. The van der Waals surface area contributed by atoms with Gasteiger partial charge in [0.2, 0.25) is 0 Å². The van der Waals surface area contributed by atoms with Crippen LogP contribution in [-0.4, -0.2) is 48.5 Å². The van der Waals surface area contributed by atoms with E-state index in [0.717, 1.165) is 37.3 Å². The molecule has 1 aromatic rings. The average Bonchev–Trinajstić information content (AvgIpc) is 2.83. The van der Waals surface area contributed by atoms with E-state index in [4.69, 9.17) is 9.47 Å². The Morgan fingerprint density at radius 2 is 2.24 bits per heavy atom. The number of aliphatic hydroxyl groups excluding tert-OH is 1. The molecule has 3 rings (SSSR count). The molecule has 4 nitrogen and oxygen atoms in total. The van der Waals surface area contributed by atoms with E-state index in [0.29, 0.717) is 6.04 Å². The quantitative estimate of drug-likeness (QED) is 0.926. The number of morpholine rings is 1. The fourth-order valence-electron chi connectivity index (χ4n) is 3.63. The fourth-order valence-corrected chi connectivity index (χ4v) is 3.63. The minimum Gasteiger partial charge on any atom is -0.497 e. The molecule has 1 saturated heterocycles. The lowest BCUT2D eigenvalue weighted by atomic mass is 10.0. The zero-order valence-electron chi connectivity index (χ0n) is 13.1. The van der Waals surface area contributed by atoms with Gasteiger partial charge in [-0.1, -0.05) is 13.0 Å². The van der Waals surface area contributed by atoms with Crippen LogP contribution in [0.15, 0.2) is 18.2 Å². The topological polar surface area (TPSA) is 41.9 Å². The molecule has 1 aromatic carbocycles. The number of methoxy groups -OCH3 is 1. The molecule has 1 heterocycles. The second-order valence-electron chi connectivity index (χ2n) is 6.18. The molecule has 0 radical (unpaired) electrons. The van der Waals surface area contributed by atoms with Crippen molar-refractivity contribution in [2.24, 2.45) is 0 Å². The smallest absolute Gasteiger partial charge is 0.119 e. The van der Waals surface area contributed by atoms with Crippen molar-refractivity contribution in [2.45, 2.75) is 51.0 Å². The molecule has 1 N–H and O–H groups in total. The molecule has 0 spiro atoms. The van der Waals surface area contributed by atoms with E-state index >= 15 is 0 Å². The first kappa shape index (κ1) is 14.8. The highest BCUT2D eigenvalue weighted by atomic mass is 16.5. The Bertz CT molecular complexity index is 505. The molecule has 1 aliphatic heterocycles. The van der Waals surface area contributed by atoms with Crippen LogP contribution in [0.2, 0.25) is 0 Å². The molecule has 2 aliphatic rings. The summed E-state index contributed by atoms with van der Waals surface area (Å²) in [6.07, 6.45) is 1.76. The molecule has 4 unspecified atom stereocenters. The lowest BCUT2D eigenvalue weighted by molar-refractivity contribution is -0.0899. The number of benzene rings is 1. The van der Waals surface area contributed by atoms with Gasteiger partial charge in [-0.2, -0.15) is 0 Å². The minimum atomic E-state index is -0.436. The first-order valence-corrected chi connectivity index (χ1v) is 7.86. The van der Waals surface area contributed by atoms with E-state index in [1.807, 2.05) is 12.1 Å². The summed E-state index contributed by atoms with van der Waals surface area (Å²) in [7, 11) is 1.66. The van der Waals surface area contributed by atoms with Crippen molar-refractivity contribution in [2.75, 3.05) is 20.3 Å². The summed E-state index contributed by atoms with van der Waals surface area (Å²) in [5.41, 5.74) is 2.26. The highest BCUT2D eigenvalue weighted by Crippen LogP contribution is 2.38. The normalized spacial score (nSPS) is 33.0. The van der Waals surface area contributed by atoms with E-state index in [-0.39, 0.29) is 12.1 Å². The van der Waals surface area contributed by atoms with Crippen molar-refractivity contribution >= 4 is 0 Å². The second-order valence-corrected chi connectivity index (χ2v) is 6.18. The maximum atomic E-state index is 10.8. The van der Waals surface area contributed by atoms with Crippen LogP contribution in [0, 0.1) is 0 Å². The monoisotopic (exact) mass is 291 g/mol. The van der Waals surface area contributed by atoms with Gasteiger partial charge in [-0.15, -0.1) is 0 Å². The number of aliphatic hydroxyl groups is 1. The second kappa shape index (κ2) is 5.95. The van der Waals surface area contributed by atoms with Crippen molar-refractivity contribution in [1.82, 2.24) is 4.90 Å². The van der Waals surface area contributed by atoms with Crippen molar-refractivity contribution in [3.63, 3.8) is 0 Å². The predicted octanol–water partition coefficient (Wildman–Crippen LogP) is 2.15. The zero-order valence-corrected chi connectivity index (χ0v) is 13.1. The Labute approximate surface area is 126 Å². The molecule has 1 fully saturated rings. The van der Waals surface area contributed by atoms with E-state index in [1.165, 1.54) is 5.56 Å². The third kappa shape index (κ3) is 2.68. The van der Waals surface area contributed by atoms with Crippen LogP contribution in [0.4, 0.5) is 0 Å². The van der Waals surface area contributed by atoms with Gasteiger partial charge in [-0.25, -0.2) is 0 Å². The average molecular weight is 291 g/mol. The summed E-state index contributed by atoms with van der Waals surface area (Å²) in [4.78, 5) is 2.45. The lowest BCUT2D eigenvalue weighted by Crippen LogP contribution is -2.54. The standard InChI is InChI=1S/C17H25NO3/c1-4-13-10-21-11(2)9-18(13)16-7-12-5-6-14(20-3)8-15(12)17(16)19/h5-6,8,11,13,16-17,19H,4,7,9-10H2,1-3H3. The maximum Gasteiger partial charge on any atom is 0.119 e. The lowest BCUT2D eigenvalue weighted by Gasteiger charge is -2.43. The van der Waals surface area contributed by atoms with Gasteiger partial charge in [-0.05, 0) is 43.0 Å². The first-order chi connectivity index (χ1) is 10.1. The van der Waals surface area contributed by atoms with Gasteiger partial charge < -0.3 is 14.6 Å². The van der Waals surface area contributed by atoms with Gasteiger partial charge in [-0.3, -0.25) is 4.90 Å². The van der Waals surface area contributed by atoms with Gasteiger partial charge in [0.05, 0.1) is 25.9 Å². The third-order valence-electron chi connectivity index (χ3n) is 4.87. The molecule has 4 heteroatoms. The van der Waals surface area contributed by atoms with Gasteiger partial charge in [0.25, 0.3) is 0 Å². The van der Waals surface area contributed by atoms with Crippen molar-refractivity contribution in [1.29, 1.82) is 0 Å². The summed E-state index contributed by atoms with van der Waals surface area (Å²) in [5.74, 6) is 0.816. The van der Waals surface area contributed by atoms with Crippen LogP contribution >= 0.6 is 0 Å². The van der Waals surface area contributed by atoms with Gasteiger partial charge >= 0.3 is 0 Å². The Hall–Kier alpha value is -1.10. The van der Waals surface area contributed by atoms with Crippen molar-refractivity contribution < 1.29 is 14.6 Å². The van der Waals surface area contributed by atoms with Crippen LogP contribution in [0.3, 0.4) is 0 Å². The zero-order chi connectivity index (χ0) is 15.0. The molecular formula is C17H25NO3. The van der Waals surface area contributed by atoms with Gasteiger partial charge in [0.15, 0.2) is 0 Å². The molecule has 0 bridgehead atoms. The largest absolute Gasteiger partial charge is 0.497 e. The fraction of sp³-hybridized carbons (Fsp3) is 0.647. The molecule has 1 aliphatic carbocycles. The van der Waals surface area contributed by atoms with Gasteiger partial charge in [0.1, 0.15) is 5.75 Å².